The summed E-state index contributed by atoms with van der Waals surface area (Å²) in [4.78, 5) is 22.8. The van der Waals surface area contributed by atoms with Gasteiger partial charge in [-0.2, -0.15) is 0 Å². The average molecular weight is 214 g/mol. The molecule has 82 valence electrons. The van der Waals surface area contributed by atoms with Crippen molar-refractivity contribution in [3.8, 4) is 0 Å². The Balaban J connectivity index is 2.23. The van der Waals surface area contributed by atoms with Gasteiger partial charge in [0.2, 0.25) is 0 Å². The minimum absolute atomic E-state index is 0.0313. The second kappa shape index (κ2) is 4.44. The Bertz CT molecular complexity index is 431. The zero-order valence-corrected chi connectivity index (χ0v) is 9.22. The van der Waals surface area contributed by atoms with Crippen LogP contribution in [0.5, 0.6) is 0 Å². The van der Waals surface area contributed by atoms with Crippen LogP contribution in [-0.2, 0) is 9.59 Å². The molecule has 0 aromatic heterocycles. The summed E-state index contributed by atoms with van der Waals surface area (Å²) in [6.07, 6.45) is 3.33. The summed E-state index contributed by atoms with van der Waals surface area (Å²) in [6, 6.07) is 9.92. The maximum absolute atomic E-state index is 11.7. The van der Waals surface area contributed by atoms with E-state index in [0.717, 1.165) is 5.56 Å². The van der Waals surface area contributed by atoms with Crippen LogP contribution in [0.2, 0.25) is 0 Å². The molecule has 2 atom stereocenters. The summed E-state index contributed by atoms with van der Waals surface area (Å²) >= 11 is 0. The molecule has 0 bridgehead atoms. The normalized spacial score (nSPS) is 22.2. The molecule has 1 aromatic rings. The Labute approximate surface area is 95.0 Å². The van der Waals surface area contributed by atoms with Crippen molar-refractivity contribution in [2.24, 2.45) is 5.92 Å². The molecule has 0 fully saturated rings. The molecular weight excluding hydrogens is 200 g/mol. The Morgan fingerprint density at radius 1 is 1.19 bits per heavy atom. The highest BCUT2D eigenvalue weighted by Crippen LogP contribution is 2.28. The van der Waals surface area contributed by atoms with E-state index in [0.29, 0.717) is 0 Å². The summed E-state index contributed by atoms with van der Waals surface area (Å²) in [6.45, 7) is 2.03. The number of Topliss-reactive ketones (excluding diaryl/α,β-unsaturated/α-hetero) is 1. The fourth-order valence-corrected chi connectivity index (χ4v) is 2.08. The van der Waals surface area contributed by atoms with Crippen molar-refractivity contribution in [2.75, 3.05) is 0 Å². The highest BCUT2D eigenvalue weighted by Gasteiger charge is 2.27. The minimum Gasteiger partial charge on any atom is -0.299 e. The molecule has 0 heterocycles. The highest BCUT2D eigenvalue weighted by molar-refractivity contribution is 6.08. The van der Waals surface area contributed by atoms with Gasteiger partial charge in [-0.15, -0.1) is 0 Å². The molecule has 2 nitrogen and oxygen atoms in total. The summed E-state index contributed by atoms with van der Waals surface area (Å²) in [5.41, 5.74) is 1.14. The molecule has 0 saturated carbocycles. The standard InChI is InChI=1S/C14H14O2/c1-10(11-5-3-2-4-6-11)13-8-7-12(15)9-14(13)16/h2-8,10,13H,9H2,1H3. The molecule has 0 spiro atoms. The maximum atomic E-state index is 11.7. The summed E-state index contributed by atoms with van der Waals surface area (Å²) in [5.74, 6) is -0.0662. The average Bonchev–Trinajstić information content (AvgIpc) is 2.29. The number of benzene rings is 1. The first-order valence-electron chi connectivity index (χ1n) is 5.47. The third-order valence-electron chi connectivity index (χ3n) is 3.07. The van der Waals surface area contributed by atoms with Crippen LogP contribution in [0.1, 0.15) is 24.8 Å². The summed E-state index contributed by atoms with van der Waals surface area (Å²) < 4.78 is 0. The number of hydrogen-bond donors (Lipinski definition) is 0. The van der Waals surface area contributed by atoms with E-state index < -0.39 is 0 Å². The highest BCUT2D eigenvalue weighted by atomic mass is 16.1. The molecule has 0 aliphatic heterocycles. The van der Waals surface area contributed by atoms with Crippen molar-refractivity contribution in [1.82, 2.24) is 0 Å². The zero-order chi connectivity index (χ0) is 11.5. The van der Waals surface area contributed by atoms with Gasteiger partial charge in [0.15, 0.2) is 5.78 Å². The maximum Gasteiger partial charge on any atom is 0.162 e. The lowest BCUT2D eigenvalue weighted by Crippen LogP contribution is -2.24. The molecule has 2 rings (SSSR count). The molecule has 2 unspecified atom stereocenters. The van der Waals surface area contributed by atoms with Crippen molar-refractivity contribution in [1.29, 1.82) is 0 Å². The molecule has 0 saturated heterocycles. The summed E-state index contributed by atoms with van der Waals surface area (Å²) in [7, 11) is 0. The number of rotatable bonds is 2. The van der Waals surface area contributed by atoms with Gasteiger partial charge in [-0.05, 0) is 17.6 Å². The van der Waals surface area contributed by atoms with E-state index in [-0.39, 0.29) is 29.8 Å². The molecule has 0 N–H and O–H groups in total. The first kappa shape index (κ1) is 10.8. The fraction of sp³-hybridized carbons (Fsp3) is 0.286. The van der Waals surface area contributed by atoms with Gasteiger partial charge < -0.3 is 0 Å². The van der Waals surface area contributed by atoms with Gasteiger partial charge in [-0.3, -0.25) is 9.59 Å². The molecule has 0 amide bonds. The van der Waals surface area contributed by atoms with Gasteiger partial charge in [0.25, 0.3) is 0 Å². The van der Waals surface area contributed by atoms with Crippen LogP contribution in [0.25, 0.3) is 0 Å². The van der Waals surface area contributed by atoms with E-state index in [4.69, 9.17) is 0 Å². The van der Waals surface area contributed by atoms with Crippen LogP contribution < -0.4 is 0 Å². The first-order chi connectivity index (χ1) is 7.68. The summed E-state index contributed by atoms with van der Waals surface area (Å²) in [5, 5.41) is 0. The Kier molecular flexibility index (Phi) is 3.00. The molecule has 1 aliphatic rings. The van der Waals surface area contributed by atoms with Crippen molar-refractivity contribution in [2.45, 2.75) is 19.3 Å². The van der Waals surface area contributed by atoms with Crippen molar-refractivity contribution < 1.29 is 9.59 Å². The van der Waals surface area contributed by atoms with E-state index in [1.165, 1.54) is 6.08 Å². The number of hydrogen-bond acceptors (Lipinski definition) is 2. The minimum atomic E-state index is -0.153. The lowest BCUT2D eigenvalue weighted by atomic mass is 9.80. The third kappa shape index (κ3) is 2.11. The van der Waals surface area contributed by atoms with Crippen LogP contribution in [-0.4, -0.2) is 11.6 Å². The lowest BCUT2D eigenvalue weighted by molar-refractivity contribution is -0.127. The van der Waals surface area contributed by atoms with Crippen LogP contribution in [0.4, 0.5) is 0 Å². The van der Waals surface area contributed by atoms with Gasteiger partial charge in [0.1, 0.15) is 5.78 Å². The van der Waals surface area contributed by atoms with Gasteiger partial charge in [-0.1, -0.05) is 43.3 Å². The van der Waals surface area contributed by atoms with E-state index in [9.17, 15) is 9.59 Å². The van der Waals surface area contributed by atoms with E-state index in [2.05, 4.69) is 0 Å². The predicted octanol–water partition coefficient (Wildman–Crippen LogP) is 2.50. The second-order valence-corrected chi connectivity index (χ2v) is 4.19. The van der Waals surface area contributed by atoms with E-state index in [1.54, 1.807) is 6.08 Å². The Morgan fingerprint density at radius 3 is 2.50 bits per heavy atom. The third-order valence-corrected chi connectivity index (χ3v) is 3.07. The van der Waals surface area contributed by atoms with Crippen molar-refractivity contribution in [3.05, 3.63) is 48.0 Å². The second-order valence-electron chi connectivity index (χ2n) is 4.19. The lowest BCUT2D eigenvalue weighted by Gasteiger charge is -2.22. The monoisotopic (exact) mass is 214 g/mol. The van der Waals surface area contributed by atoms with Gasteiger partial charge in [-0.25, -0.2) is 0 Å². The number of carbonyl (C=O) groups excluding carboxylic acids is 2. The van der Waals surface area contributed by atoms with Crippen LogP contribution in [0.15, 0.2) is 42.5 Å². The first-order valence-corrected chi connectivity index (χ1v) is 5.47. The van der Waals surface area contributed by atoms with Gasteiger partial charge in [0.05, 0.1) is 6.42 Å². The van der Waals surface area contributed by atoms with Crippen LogP contribution >= 0.6 is 0 Å². The van der Waals surface area contributed by atoms with Crippen molar-refractivity contribution in [3.63, 3.8) is 0 Å². The molecule has 0 radical (unpaired) electrons. The number of allylic oxidation sites excluding steroid dienone is 2. The largest absolute Gasteiger partial charge is 0.299 e. The quantitative estimate of drug-likeness (QED) is 0.709. The SMILES string of the molecule is CC(c1ccccc1)C1C=CC(=O)CC1=O. The fourth-order valence-electron chi connectivity index (χ4n) is 2.08. The van der Waals surface area contributed by atoms with Gasteiger partial charge >= 0.3 is 0 Å². The van der Waals surface area contributed by atoms with E-state index in [1.807, 2.05) is 37.3 Å². The van der Waals surface area contributed by atoms with Crippen LogP contribution in [0.3, 0.4) is 0 Å². The molecule has 16 heavy (non-hydrogen) atoms. The van der Waals surface area contributed by atoms with Crippen LogP contribution in [0, 0.1) is 5.92 Å². The number of ketones is 2. The topological polar surface area (TPSA) is 34.1 Å². The Morgan fingerprint density at radius 2 is 1.88 bits per heavy atom. The number of carbonyl (C=O) groups is 2. The van der Waals surface area contributed by atoms with Crippen molar-refractivity contribution >= 4 is 11.6 Å². The predicted molar refractivity (Wildman–Crippen MR) is 62.1 cm³/mol. The molecule has 2 heteroatoms. The Hall–Kier alpha value is -1.70. The molecule has 1 aliphatic carbocycles. The molecular formula is C14H14O2. The van der Waals surface area contributed by atoms with E-state index >= 15 is 0 Å². The molecule has 1 aromatic carbocycles. The smallest absolute Gasteiger partial charge is 0.162 e. The zero-order valence-electron chi connectivity index (χ0n) is 9.22. The van der Waals surface area contributed by atoms with Gasteiger partial charge in [0, 0.05) is 5.92 Å².